The number of amides is 1. The van der Waals surface area contributed by atoms with Gasteiger partial charge in [0.05, 0.1) is 20.3 Å². The molecule has 122 valence electrons. The molecule has 2 aromatic rings. The Kier molecular flexibility index (Phi) is 4.94. The zero-order valence-corrected chi connectivity index (χ0v) is 13.1. The van der Waals surface area contributed by atoms with Gasteiger partial charge in [0.25, 0.3) is 0 Å². The number of ether oxygens (including phenoxy) is 1. The molecule has 1 aliphatic rings. The molecule has 1 saturated heterocycles. The van der Waals surface area contributed by atoms with Crippen molar-refractivity contribution in [3.05, 3.63) is 24.3 Å². The Morgan fingerprint density at radius 3 is 2.65 bits per heavy atom. The number of aromatic nitrogens is 4. The van der Waals surface area contributed by atoms with Crippen LogP contribution in [0, 0.1) is 0 Å². The third kappa shape index (κ3) is 4.33. The fourth-order valence-electron chi connectivity index (χ4n) is 2.41. The quantitative estimate of drug-likeness (QED) is 0.866. The summed E-state index contributed by atoms with van der Waals surface area (Å²) in [6, 6.07) is 7.43. The van der Waals surface area contributed by atoms with Gasteiger partial charge < -0.3 is 10.1 Å². The van der Waals surface area contributed by atoms with Gasteiger partial charge in [-0.05, 0) is 29.5 Å². The minimum Gasteiger partial charge on any atom is -0.379 e. The maximum absolute atomic E-state index is 12.0. The third-order valence-corrected chi connectivity index (χ3v) is 3.69. The fraction of sp³-hybridized carbons (Fsp3) is 0.467. The van der Waals surface area contributed by atoms with Crippen molar-refractivity contribution >= 4 is 11.6 Å². The maximum atomic E-state index is 12.0. The van der Waals surface area contributed by atoms with Gasteiger partial charge in [0.2, 0.25) is 11.7 Å². The Hall–Kier alpha value is -2.32. The molecular formula is C15H20N6O2. The molecule has 2 heterocycles. The fourth-order valence-corrected chi connectivity index (χ4v) is 2.41. The van der Waals surface area contributed by atoms with Gasteiger partial charge in [-0.15, -0.1) is 10.2 Å². The average molecular weight is 316 g/mol. The number of nitrogens with zero attached hydrogens (tertiary/aromatic N) is 5. The van der Waals surface area contributed by atoms with E-state index in [4.69, 9.17) is 4.74 Å². The first-order valence-electron chi connectivity index (χ1n) is 7.65. The molecule has 1 amide bonds. The summed E-state index contributed by atoms with van der Waals surface area (Å²) in [6.45, 7) is 4.05. The molecule has 1 aliphatic heterocycles. The first-order valence-corrected chi connectivity index (χ1v) is 7.65. The van der Waals surface area contributed by atoms with Gasteiger partial charge in [0, 0.05) is 37.3 Å². The van der Waals surface area contributed by atoms with Crippen LogP contribution in [0.25, 0.3) is 11.4 Å². The SMILES string of the molecule is Cn1nnc(-c2ccc(NC(=O)CCN3CCOCC3)cc2)n1. The number of hydrogen-bond donors (Lipinski definition) is 1. The second-order valence-corrected chi connectivity index (χ2v) is 5.43. The minimum atomic E-state index is 0.0156. The molecule has 1 fully saturated rings. The molecule has 3 rings (SSSR count). The van der Waals surface area contributed by atoms with Gasteiger partial charge in [-0.25, -0.2) is 0 Å². The van der Waals surface area contributed by atoms with Crippen molar-refractivity contribution in [1.29, 1.82) is 0 Å². The number of tetrazole rings is 1. The Bertz CT molecular complexity index is 648. The van der Waals surface area contributed by atoms with Crippen molar-refractivity contribution in [2.75, 3.05) is 38.2 Å². The van der Waals surface area contributed by atoms with Crippen LogP contribution >= 0.6 is 0 Å². The summed E-state index contributed by atoms with van der Waals surface area (Å²) in [6.07, 6.45) is 0.480. The molecule has 1 N–H and O–H groups in total. The molecule has 0 radical (unpaired) electrons. The van der Waals surface area contributed by atoms with E-state index in [-0.39, 0.29) is 5.91 Å². The number of aryl methyl sites for hydroxylation is 1. The molecule has 8 nitrogen and oxygen atoms in total. The molecule has 0 spiro atoms. The molecule has 0 atom stereocenters. The smallest absolute Gasteiger partial charge is 0.225 e. The van der Waals surface area contributed by atoms with E-state index in [0.717, 1.165) is 44.1 Å². The Balaban J connectivity index is 1.50. The van der Waals surface area contributed by atoms with Gasteiger partial charge >= 0.3 is 0 Å². The highest BCUT2D eigenvalue weighted by Gasteiger charge is 2.12. The van der Waals surface area contributed by atoms with Gasteiger partial charge in [0.1, 0.15) is 0 Å². The molecular weight excluding hydrogens is 296 g/mol. The summed E-state index contributed by atoms with van der Waals surface area (Å²) >= 11 is 0. The van der Waals surface area contributed by atoms with Crippen LogP contribution in [0.2, 0.25) is 0 Å². The summed E-state index contributed by atoms with van der Waals surface area (Å²) in [7, 11) is 1.72. The van der Waals surface area contributed by atoms with Crippen LogP contribution < -0.4 is 5.32 Å². The lowest BCUT2D eigenvalue weighted by molar-refractivity contribution is -0.116. The van der Waals surface area contributed by atoms with E-state index >= 15 is 0 Å². The Morgan fingerprint density at radius 1 is 1.26 bits per heavy atom. The summed E-state index contributed by atoms with van der Waals surface area (Å²) in [5.74, 6) is 0.583. The molecule has 0 bridgehead atoms. The Labute approximate surface area is 134 Å². The lowest BCUT2D eigenvalue weighted by atomic mass is 10.2. The van der Waals surface area contributed by atoms with E-state index < -0.39 is 0 Å². The second-order valence-electron chi connectivity index (χ2n) is 5.43. The van der Waals surface area contributed by atoms with Gasteiger partial charge in [-0.2, -0.15) is 4.80 Å². The molecule has 1 aromatic carbocycles. The molecule has 0 unspecified atom stereocenters. The Morgan fingerprint density at radius 2 is 2.00 bits per heavy atom. The molecule has 23 heavy (non-hydrogen) atoms. The van der Waals surface area contributed by atoms with E-state index in [1.54, 1.807) is 7.05 Å². The normalized spacial score (nSPS) is 15.5. The van der Waals surface area contributed by atoms with E-state index in [0.29, 0.717) is 12.2 Å². The summed E-state index contributed by atoms with van der Waals surface area (Å²) in [5.41, 5.74) is 1.63. The minimum absolute atomic E-state index is 0.0156. The highest BCUT2D eigenvalue weighted by atomic mass is 16.5. The van der Waals surface area contributed by atoms with E-state index in [1.165, 1.54) is 4.80 Å². The standard InChI is InChI=1S/C15H20N6O2/c1-20-18-15(17-19-20)12-2-4-13(5-3-12)16-14(22)6-7-21-8-10-23-11-9-21/h2-5H,6-11H2,1H3,(H,16,22). The van der Waals surface area contributed by atoms with Gasteiger partial charge in [-0.3, -0.25) is 9.69 Å². The van der Waals surface area contributed by atoms with E-state index in [1.807, 2.05) is 24.3 Å². The number of nitrogens with one attached hydrogen (secondary N) is 1. The van der Waals surface area contributed by atoms with Crippen molar-refractivity contribution in [3.8, 4) is 11.4 Å². The van der Waals surface area contributed by atoms with Crippen LogP contribution in [0.4, 0.5) is 5.69 Å². The highest BCUT2D eigenvalue weighted by molar-refractivity contribution is 5.91. The first-order chi connectivity index (χ1) is 11.2. The molecule has 8 heteroatoms. The summed E-state index contributed by atoms with van der Waals surface area (Å²) < 4.78 is 5.29. The van der Waals surface area contributed by atoms with Crippen molar-refractivity contribution in [1.82, 2.24) is 25.1 Å². The van der Waals surface area contributed by atoms with Gasteiger partial charge in [0.15, 0.2) is 0 Å². The number of morpholine rings is 1. The lowest BCUT2D eigenvalue weighted by Gasteiger charge is -2.26. The third-order valence-electron chi connectivity index (χ3n) is 3.69. The summed E-state index contributed by atoms with van der Waals surface area (Å²) in [5, 5.41) is 14.8. The largest absolute Gasteiger partial charge is 0.379 e. The summed E-state index contributed by atoms with van der Waals surface area (Å²) in [4.78, 5) is 15.7. The highest BCUT2D eigenvalue weighted by Crippen LogP contribution is 2.17. The maximum Gasteiger partial charge on any atom is 0.225 e. The molecule has 0 saturated carbocycles. The van der Waals surface area contributed by atoms with E-state index in [2.05, 4.69) is 25.6 Å². The van der Waals surface area contributed by atoms with Crippen molar-refractivity contribution in [3.63, 3.8) is 0 Å². The first kappa shape index (κ1) is 15.6. The number of carbonyl (C=O) groups is 1. The van der Waals surface area contributed by atoms with E-state index in [9.17, 15) is 4.79 Å². The number of benzene rings is 1. The molecule has 1 aromatic heterocycles. The average Bonchev–Trinajstić information content (AvgIpc) is 3.01. The molecule has 0 aliphatic carbocycles. The zero-order chi connectivity index (χ0) is 16.1. The van der Waals surface area contributed by atoms with Crippen molar-refractivity contribution < 1.29 is 9.53 Å². The van der Waals surface area contributed by atoms with Crippen LogP contribution in [-0.4, -0.2) is 63.9 Å². The number of hydrogen-bond acceptors (Lipinski definition) is 6. The lowest BCUT2D eigenvalue weighted by Crippen LogP contribution is -2.38. The van der Waals surface area contributed by atoms with Crippen LogP contribution in [0.15, 0.2) is 24.3 Å². The second kappa shape index (κ2) is 7.30. The van der Waals surface area contributed by atoms with Gasteiger partial charge in [-0.1, -0.05) is 0 Å². The van der Waals surface area contributed by atoms with Crippen molar-refractivity contribution in [2.24, 2.45) is 7.05 Å². The number of carbonyl (C=O) groups excluding carboxylic acids is 1. The monoisotopic (exact) mass is 316 g/mol. The van der Waals surface area contributed by atoms with Crippen LogP contribution in [0.5, 0.6) is 0 Å². The predicted molar refractivity (Wildman–Crippen MR) is 84.7 cm³/mol. The number of rotatable bonds is 5. The van der Waals surface area contributed by atoms with Crippen LogP contribution in [-0.2, 0) is 16.6 Å². The van der Waals surface area contributed by atoms with Crippen LogP contribution in [0.3, 0.4) is 0 Å². The topological polar surface area (TPSA) is 85.2 Å². The van der Waals surface area contributed by atoms with Crippen molar-refractivity contribution in [2.45, 2.75) is 6.42 Å². The number of anilines is 1. The zero-order valence-electron chi connectivity index (χ0n) is 13.1. The predicted octanol–water partition coefficient (Wildman–Crippen LogP) is 0.538. The van der Waals surface area contributed by atoms with Crippen LogP contribution in [0.1, 0.15) is 6.42 Å².